The van der Waals surface area contributed by atoms with Crippen LogP contribution in [0, 0.1) is 0 Å². The Bertz CT molecular complexity index is 958. The zero-order valence-corrected chi connectivity index (χ0v) is 16.6. The minimum atomic E-state index is -3.71. The van der Waals surface area contributed by atoms with E-state index in [-0.39, 0.29) is 18.0 Å². The van der Waals surface area contributed by atoms with Gasteiger partial charge in [-0.15, -0.1) is 6.58 Å². The van der Waals surface area contributed by atoms with E-state index in [1.807, 2.05) is 0 Å². The van der Waals surface area contributed by atoms with Crippen LogP contribution >= 0.6 is 0 Å². The molecule has 2 amide bonds. The van der Waals surface area contributed by atoms with Gasteiger partial charge in [-0.05, 0) is 31.2 Å². The summed E-state index contributed by atoms with van der Waals surface area (Å²) in [5.74, 6) is -0.926. The van der Waals surface area contributed by atoms with E-state index < -0.39 is 22.0 Å². The van der Waals surface area contributed by atoms with Crippen LogP contribution in [0.1, 0.15) is 17.3 Å². The fourth-order valence-electron chi connectivity index (χ4n) is 2.67. The van der Waals surface area contributed by atoms with Crippen molar-refractivity contribution in [3.63, 3.8) is 0 Å². The fraction of sp³-hybridized carbons (Fsp3) is 0.200. The van der Waals surface area contributed by atoms with E-state index in [4.69, 9.17) is 0 Å². The number of amides is 2. The summed E-state index contributed by atoms with van der Waals surface area (Å²) in [6.45, 7) is 5.32. The molecule has 2 rings (SSSR count). The number of carbonyl (C=O) groups is 2. The third kappa shape index (κ3) is 5.20. The molecule has 2 aromatic rings. The van der Waals surface area contributed by atoms with E-state index >= 15 is 0 Å². The van der Waals surface area contributed by atoms with Gasteiger partial charge in [-0.3, -0.25) is 13.9 Å². The summed E-state index contributed by atoms with van der Waals surface area (Å²) in [7, 11) is -3.71. The van der Waals surface area contributed by atoms with Gasteiger partial charge in [0.05, 0.1) is 23.2 Å². The molecular formula is C20H23N3O4S. The molecule has 0 fully saturated rings. The summed E-state index contributed by atoms with van der Waals surface area (Å²) in [6.07, 6.45) is 2.59. The van der Waals surface area contributed by atoms with Gasteiger partial charge in [-0.2, -0.15) is 0 Å². The van der Waals surface area contributed by atoms with Crippen LogP contribution in [0.25, 0.3) is 0 Å². The zero-order valence-electron chi connectivity index (χ0n) is 15.8. The lowest BCUT2D eigenvalue weighted by Crippen LogP contribution is -2.45. The van der Waals surface area contributed by atoms with Gasteiger partial charge in [0.15, 0.2) is 0 Å². The van der Waals surface area contributed by atoms with E-state index in [0.717, 1.165) is 10.6 Å². The monoisotopic (exact) mass is 401 g/mol. The van der Waals surface area contributed by atoms with Crippen LogP contribution in [-0.2, 0) is 14.8 Å². The van der Waals surface area contributed by atoms with E-state index in [1.165, 1.54) is 6.92 Å². The van der Waals surface area contributed by atoms with Gasteiger partial charge in [-0.25, -0.2) is 8.42 Å². The van der Waals surface area contributed by atoms with Crippen molar-refractivity contribution in [3.05, 3.63) is 72.8 Å². The standard InChI is InChI=1S/C20H23N3O4S/c1-4-14-21-20(25)17-12-8-9-13-18(17)22-19(24)15(2)23(28(3,26)27)16-10-6-5-7-11-16/h4-13,15H,1,14H2,2-3H3,(H,21,25)(H,22,24)/t15-/m0/s1. The predicted octanol–water partition coefficient (Wildman–Crippen LogP) is 2.40. The molecule has 0 radical (unpaired) electrons. The zero-order chi connectivity index (χ0) is 20.7. The highest BCUT2D eigenvalue weighted by molar-refractivity contribution is 7.92. The van der Waals surface area contributed by atoms with Crippen LogP contribution in [-0.4, -0.2) is 39.1 Å². The van der Waals surface area contributed by atoms with Crippen molar-refractivity contribution < 1.29 is 18.0 Å². The number of rotatable bonds is 8. The number of carbonyl (C=O) groups excluding carboxylic acids is 2. The molecule has 2 N–H and O–H groups in total. The maximum Gasteiger partial charge on any atom is 0.253 e. The highest BCUT2D eigenvalue weighted by Gasteiger charge is 2.29. The molecule has 148 valence electrons. The number of hydrogen-bond donors (Lipinski definition) is 2. The van der Waals surface area contributed by atoms with Crippen molar-refractivity contribution in [3.8, 4) is 0 Å². The molecule has 0 aliphatic carbocycles. The van der Waals surface area contributed by atoms with Gasteiger partial charge in [0.1, 0.15) is 6.04 Å². The Morgan fingerprint density at radius 2 is 1.71 bits per heavy atom. The number of sulfonamides is 1. The van der Waals surface area contributed by atoms with Crippen molar-refractivity contribution in [2.75, 3.05) is 22.4 Å². The maximum atomic E-state index is 12.8. The topological polar surface area (TPSA) is 95.6 Å². The molecule has 7 nitrogen and oxygen atoms in total. The SMILES string of the molecule is C=CCNC(=O)c1ccccc1NC(=O)[C@H](C)N(c1ccccc1)S(C)(=O)=O. The van der Waals surface area contributed by atoms with Crippen LogP contribution < -0.4 is 14.9 Å². The van der Waals surface area contributed by atoms with Gasteiger partial charge in [0, 0.05) is 6.54 Å². The Kier molecular flexibility index (Phi) is 6.94. The number of anilines is 2. The molecule has 0 bridgehead atoms. The van der Waals surface area contributed by atoms with E-state index in [9.17, 15) is 18.0 Å². The summed E-state index contributed by atoms with van der Waals surface area (Å²) >= 11 is 0. The van der Waals surface area contributed by atoms with Gasteiger partial charge in [0.25, 0.3) is 5.91 Å². The first kappa shape index (κ1) is 21.2. The average Bonchev–Trinajstić information content (AvgIpc) is 2.66. The number of hydrogen-bond acceptors (Lipinski definition) is 4. The van der Waals surface area contributed by atoms with Crippen molar-refractivity contribution in [2.24, 2.45) is 0 Å². The normalized spacial score (nSPS) is 11.9. The van der Waals surface area contributed by atoms with Gasteiger partial charge >= 0.3 is 0 Å². The Balaban J connectivity index is 2.29. The van der Waals surface area contributed by atoms with Crippen LogP contribution in [0.3, 0.4) is 0 Å². The molecule has 8 heteroatoms. The molecule has 2 aromatic carbocycles. The van der Waals surface area contributed by atoms with E-state index in [1.54, 1.807) is 60.7 Å². The molecule has 0 heterocycles. The number of benzene rings is 2. The minimum absolute atomic E-state index is 0.274. The summed E-state index contributed by atoms with van der Waals surface area (Å²) < 4.78 is 25.6. The minimum Gasteiger partial charge on any atom is -0.349 e. The molecular weight excluding hydrogens is 378 g/mol. The van der Waals surface area contributed by atoms with Crippen LogP contribution in [0.15, 0.2) is 67.3 Å². The molecule has 0 aliphatic rings. The fourth-order valence-corrected chi connectivity index (χ4v) is 3.85. The quantitative estimate of drug-likeness (QED) is 0.664. The summed E-state index contributed by atoms with van der Waals surface area (Å²) in [5.41, 5.74) is 0.947. The molecule has 0 spiro atoms. The number of nitrogens with one attached hydrogen (secondary N) is 2. The lowest BCUT2D eigenvalue weighted by molar-refractivity contribution is -0.116. The Morgan fingerprint density at radius 3 is 2.32 bits per heavy atom. The highest BCUT2D eigenvalue weighted by Crippen LogP contribution is 2.22. The Labute approximate surface area is 165 Å². The average molecular weight is 401 g/mol. The van der Waals surface area contributed by atoms with Gasteiger partial charge < -0.3 is 10.6 Å². The largest absolute Gasteiger partial charge is 0.349 e. The molecule has 0 aliphatic heterocycles. The van der Waals surface area contributed by atoms with Gasteiger partial charge in [-0.1, -0.05) is 36.4 Å². The number of nitrogens with zero attached hydrogens (tertiary/aromatic N) is 1. The Hall–Kier alpha value is -3.13. The van der Waals surface area contributed by atoms with Gasteiger partial charge in [0.2, 0.25) is 15.9 Å². The predicted molar refractivity (Wildman–Crippen MR) is 111 cm³/mol. The summed E-state index contributed by atoms with van der Waals surface area (Å²) in [5, 5.41) is 5.31. The highest BCUT2D eigenvalue weighted by atomic mass is 32.2. The molecule has 0 saturated carbocycles. The third-order valence-corrected chi connectivity index (χ3v) is 5.18. The molecule has 0 saturated heterocycles. The number of para-hydroxylation sites is 2. The molecule has 0 aromatic heterocycles. The third-order valence-electron chi connectivity index (χ3n) is 3.94. The van der Waals surface area contributed by atoms with Crippen molar-refractivity contribution >= 4 is 33.2 Å². The second-order valence-electron chi connectivity index (χ2n) is 6.10. The Morgan fingerprint density at radius 1 is 1.11 bits per heavy atom. The van der Waals surface area contributed by atoms with E-state index in [0.29, 0.717) is 11.4 Å². The molecule has 28 heavy (non-hydrogen) atoms. The van der Waals surface area contributed by atoms with Crippen molar-refractivity contribution in [1.29, 1.82) is 0 Å². The van der Waals surface area contributed by atoms with Crippen LogP contribution in [0.5, 0.6) is 0 Å². The van der Waals surface area contributed by atoms with Crippen molar-refractivity contribution in [2.45, 2.75) is 13.0 Å². The lowest BCUT2D eigenvalue weighted by Gasteiger charge is -2.28. The molecule has 0 unspecified atom stereocenters. The smallest absolute Gasteiger partial charge is 0.253 e. The second kappa shape index (κ2) is 9.18. The van der Waals surface area contributed by atoms with Crippen LogP contribution in [0.2, 0.25) is 0 Å². The van der Waals surface area contributed by atoms with Crippen LogP contribution in [0.4, 0.5) is 11.4 Å². The summed E-state index contributed by atoms with van der Waals surface area (Å²) in [4.78, 5) is 25.1. The molecule has 1 atom stereocenters. The van der Waals surface area contributed by atoms with Crippen molar-refractivity contribution in [1.82, 2.24) is 5.32 Å². The first-order valence-corrected chi connectivity index (χ1v) is 10.4. The maximum absolute atomic E-state index is 12.8. The lowest BCUT2D eigenvalue weighted by atomic mass is 10.1. The first-order chi connectivity index (χ1) is 13.3. The van der Waals surface area contributed by atoms with E-state index in [2.05, 4.69) is 17.2 Å². The summed E-state index contributed by atoms with van der Waals surface area (Å²) in [6, 6.07) is 13.8. The second-order valence-corrected chi connectivity index (χ2v) is 7.96. The first-order valence-electron chi connectivity index (χ1n) is 8.59.